The second-order valence-electron chi connectivity index (χ2n) is 9.74. The maximum atomic E-state index is 13.9. The van der Waals surface area contributed by atoms with Gasteiger partial charge in [-0.05, 0) is 88.7 Å². The van der Waals surface area contributed by atoms with Crippen LogP contribution in [-0.2, 0) is 26.2 Å². The van der Waals surface area contributed by atoms with Crippen LogP contribution in [0.2, 0.25) is 0 Å². The summed E-state index contributed by atoms with van der Waals surface area (Å²) < 4.78 is 35.3. The molecule has 0 bridgehead atoms. The predicted octanol–water partition coefficient (Wildman–Crippen LogP) is 5.29. The van der Waals surface area contributed by atoms with Crippen LogP contribution in [0, 0.1) is 6.92 Å². The first-order chi connectivity index (χ1) is 18.9. The Morgan fingerprint density at radius 3 is 2.08 bits per heavy atom. The lowest BCUT2D eigenvalue weighted by atomic mass is 10.1. The Kier molecular flexibility index (Phi) is 10.8. The highest BCUT2D eigenvalue weighted by Crippen LogP contribution is 2.26. The number of hydrogen-bond donors (Lipinski definition) is 1. The number of nitrogens with one attached hydrogen (secondary N) is 1. The second-order valence-corrected chi connectivity index (χ2v) is 12.5. The molecule has 0 spiro atoms. The minimum Gasteiger partial charge on any atom is -0.494 e. The standard InChI is InChI=1S/C30H36BrN3O5S/c1-6-39-27-15-17-28(18-16-27)40(37,38)34(26-13-7-22(4)8-14-26)20-29(35)33(23(5)30(36)32-21(2)3)19-24-9-11-25(31)12-10-24/h7-18,21,23H,6,19-20H2,1-5H3,(H,32,36)/t23-/m1/s1. The molecule has 0 radical (unpaired) electrons. The van der Waals surface area contributed by atoms with E-state index in [0.717, 1.165) is 19.9 Å². The first-order valence-electron chi connectivity index (χ1n) is 13.1. The molecule has 3 aromatic rings. The Morgan fingerprint density at radius 1 is 0.925 bits per heavy atom. The van der Waals surface area contributed by atoms with E-state index in [1.165, 1.54) is 17.0 Å². The van der Waals surface area contributed by atoms with Gasteiger partial charge in [0.1, 0.15) is 18.3 Å². The van der Waals surface area contributed by atoms with Crippen molar-refractivity contribution in [2.24, 2.45) is 0 Å². The molecule has 0 saturated carbocycles. The average molecular weight is 631 g/mol. The molecule has 0 aliphatic rings. The van der Waals surface area contributed by atoms with Gasteiger partial charge in [0.15, 0.2) is 0 Å². The largest absolute Gasteiger partial charge is 0.494 e. The molecule has 0 unspecified atom stereocenters. The van der Waals surface area contributed by atoms with Gasteiger partial charge in [0.2, 0.25) is 11.8 Å². The van der Waals surface area contributed by atoms with Crippen LogP contribution in [0.25, 0.3) is 0 Å². The topological polar surface area (TPSA) is 96.0 Å². The van der Waals surface area contributed by atoms with Crippen molar-refractivity contribution in [2.45, 2.75) is 58.1 Å². The molecule has 1 N–H and O–H groups in total. The number of carbonyl (C=O) groups is 2. The molecule has 3 rings (SSSR count). The zero-order valence-electron chi connectivity index (χ0n) is 23.4. The molecule has 3 aromatic carbocycles. The number of hydrogen-bond acceptors (Lipinski definition) is 5. The summed E-state index contributed by atoms with van der Waals surface area (Å²) in [4.78, 5) is 28.3. The van der Waals surface area contributed by atoms with E-state index in [-0.39, 0.29) is 23.4 Å². The van der Waals surface area contributed by atoms with E-state index >= 15 is 0 Å². The quantitative estimate of drug-likeness (QED) is 0.294. The van der Waals surface area contributed by atoms with Gasteiger partial charge < -0.3 is 15.0 Å². The Bertz CT molecular complexity index is 1390. The van der Waals surface area contributed by atoms with Gasteiger partial charge >= 0.3 is 0 Å². The molecule has 0 heterocycles. The molecule has 0 aliphatic carbocycles. The van der Waals surface area contributed by atoms with Gasteiger partial charge in [-0.2, -0.15) is 0 Å². The minimum atomic E-state index is -4.15. The first kappa shape index (κ1) is 31.2. The normalized spacial score (nSPS) is 12.1. The van der Waals surface area contributed by atoms with Crippen molar-refractivity contribution < 1.29 is 22.7 Å². The minimum absolute atomic E-state index is 0.0226. The fourth-order valence-electron chi connectivity index (χ4n) is 4.02. The lowest BCUT2D eigenvalue weighted by molar-refractivity contribution is -0.139. The summed E-state index contributed by atoms with van der Waals surface area (Å²) in [6, 6.07) is 19.5. The van der Waals surface area contributed by atoms with Crippen molar-refractivity contribution >= 4 is 43.5 Å². The zero-order valence-corrected chi connectivity index (χ0v) is 25.8. The second kappa shape index (κ2) is 13.8. The summed E-state index contributed by atoms with van der Waals surface area (Å²) in [5, 5.41) is 2.85. The van der Waals surface area contributed by atoms with Crippen LogP contribution in [-0.4, -0.2) is 50.4 Å². The van der Waals surface area contributed by atoms with Gasteiger partial charge in [0.25, 0.3) is 10.0 Å². The van der Waals surface area contributed by atoms with Gasteiger partial charge in [0, 0.05) is 17.1 Å². The van der Waals surface area contributed by atoms with Crippen LogP contribution < -0.4 is 14.4 Å². The number of nitrogens with zero attached hydrogens (tertiary/aromatic N) is 2. The maximum Gasteiger partial charge on any atom is 0.264 e. The van der Waals surface area contributed by atoms with Gasteiger partial charge in [0.05, 0.1) is 17.2 Å². The fraction of sp³-hybridized carbons (Fsp3) is 0.333. The molecule has 0 aromatic heterocycles. The number of sulfonamides is 1. The Labute approximate surface area is 245 Å². The lowest BCUT2D eigenvalue weighted by Crippen LogP contribution is -2.52. The molecule has 0 fully saturated rings. The third kappa shape index (κ3) is 8.08. The van der Waals surface area contributed by atoms with Crippen LogP contribution in [0.5, 0.6) is 5.75 Å². The predicted molar refractivity (Wildman–Crippen MR) is 161 cm³/mol. The summed E-state index contributed by atoms with van der Waals surface area (Å²) in [7, 11) is -4.15. The fourth-order valence-corrected chi connectivity index (χ4v) is 5.69. The van der Waals surface area contributed by atoms with Crippen LogP contribution in [0.3, 0.4) is 0 Å². The van der Waals surface area contributed by atoms with E-state index in [9.17, 15) is 18.0 Å². The van der Waals surface area contributed by atoms with Crippen molar-refractivity contribution in [2.75, 3.05) is 17.5 Å². The van der Waals surface area contributed by atoms with Crippen molar-refractivity contribution in [1.82, 2.24) is 10.2 Å². The van der Waals surface area contributed by atoms with E-state index in [1.54, 1.807) is 43.3 Å². The lowest BCUT2D eigenvalue weighted by Gasteiger charge is -2.32. The average Bonchev–Trinajstić information content (AvgIpc) is 2.91. The highest BCUT2D eigenvalue weighted by Gasteiger charge is 2.32. The third-order valence-corrected chi connectivity index (χ3v) is 8.50. The number of halogens is 1. The number of ether oxygens (including phenoxy) is 1. The van der Waals surface area contributed by atoms with Gasteiger partial charge in [-0.15, -0.1) is 0 Å². The third-order valence-electron chi connectivity index (χ3n) is 6.19. The molecule has 0 saturated heterocycles. The maximum absolute atomic E-state index is 13.9. The van der Waals surface area contributed by atoms with Crippen molar-refractivity contribution in [3.05, 3.63) is 88.4 Å². The van der Waals surface area contributed by atoms with Gasteiger partial charge in [-0.25, -0.2) is 8.42 Å². The summed E-state index contributed by atoms with van der Waals surface area (Å²) in [5.41, 5.74) is 2.09. The van der Waals surface area contributed by atoms with Crippen molar-refractivity contribution in [3.63, 3.8) is 0 Å². The highest BCUT2D eigenvalue weighted by atomic mass is 79.9. The van der Waals surface area contributed by atoms with Gasteiger partial charge in [-0.3, -0.25) is 13.9 Å². The zero-order chi connectivity index (χ0) is 29.4. The number of benzene rings is 3. The Hall–Kier alpha value is -3.37. The Balaban J connectivity index is 2.01. The van der Waals surface area contributed by atoms with Crippen molar-refractivity contribution in [3.8, 4) is 5.75 Å². The smallest absolute Gasteiger partial charge is 0.264 e. The molecule has 8 nitrogen and oxygen atoms in total. The molecule has 40 heavy (non-hydrogen) atoms. The molecule has 2 amide bonds. The summed E-state index contributed by atoms with van der Waals surface area (Å²) in [6.45, 7) is 9.16. The van der Waals surface area contributed by atoms with Gasteiger partial charge in [-0.1, -0.05) is 45.8 Å². The van der Waals surface area contributed by atoms with E-state index in [4.69, 9.17) is 4.74 Å². The number of anilines is 1. The number of carbonyl (C=O) groups excluding carboxylic acids is 2. The monoisotopic (exact) mass is 629 g/mol. The highest BCUT2D eigenvalue weighted by molar-refractivity contribution is 9.10. The summed E-state index contributed by atoms with van der Waals surface area (Å²) >= 11 is 3.41. The van der Waals surface area contributed by atoms with Crippen molar-refractivity contribution in [1.29, 1.82) is 0 Å². The first-order valence-corrected chi connectivity index (χ1v) is 15.3. The van der Waals surface area contributed by atoms with E-state index in [1.807, 2.05) is 52.0 Å². The van der Waals surface area contributed by atoms with Crippen LogP contribution in [0.15, 0.2) is 82.2 Å². The van der Waals surface area contributed by atoms with Crippen LogP contribution in [0.1, 0.15) is 38.8 Å². The van der Waals surface area contributed by atoms with E-state index in [0.29, 0.717) is 18.0 Å². The molecular formula is C30H36BrN3O5S. The summed E-state index contributed by atoms with van der Waals surface area (Å²) in [6.07, 6.45) is 0. The SMILES string of the molecule is CCOc1ccc(S(=O)(=O)N(CC(=O)N(Cc2ccc(Br)cc2)[C@H](C)C(=O)NC(C)C)c2ccc(C)cc2)cc1. The van der Waals surface area contributed by atoms with E-state index < -0.39 is 28.5 Å². The van der Waals surface area contributed by atoms with Crippen LogP contribution >= 0.6 is 15.9 Å². The molecule has 1 atom stereocenters. The summed E-state index contributed by atoms with van der Waals surface area (Å²) in [5.74, 6) is -0.286. The molecular weight excluding hydrogens is 594 g/mol. The molecule has 214 valence electrons. The Morgan fingerprint density at radius 2 is 1.52 bits per heavy atom. The molecule has 0 aliphatic heterocycles. The molecule has 10 heteroatoms. The van der Waals surface area contributed by atoms with E-state index in [2.05, 4.69) is 21.2 Å². The van der Waals surface area contributed by atoms with Crippen LogP contribution in [0.4, 0.5) is 5.69 Å². The number of rotatable bonds is 12. The number of aryl methyl sites for hydroxylation is 1. The number of amides is 2.